The van der Waals surface area contributed by atoms with Gasteiger partial charge in [-0.1, -0.05) is 65.0 Å². The molecule has 1 heterocycles. The highest BCUT2D eigenvalue weighted by atomic mass is 16.5. The lowest BCUT2D eigenvalue weighted by Crippen LogP contribution is -2.68. The summed E-state index contributed by atoms with van der Waals surface area (Å²) in [6.07, 6.45) is 18.1. The van der Waals surface area contributed by atoms with Crippen LogP contribution in [0.15, 0.2) is 60.8 Å². The van der Waals surface area contributed by atoms with Crippen molar-refractivity contribution in [1.82, 2.24) is 15.5 Å². The molecule has 1 aromatic heterocycles. The van der Waals surface area contributed by atoms with Crippen molar-refractivity contribution in [3.63, 3.8) is 0 Å². The van der Waals surface area contributed by atoms with Crippen LogP contribution in [0.25, 0.3) is 5.57 Å². The van der Waals surface area contributed by atoms with Crippen LogP contribution in [0.2, 0.25) is 0 Å². The first kappa shape index (κ1) is 34.6. The Labute approximate surface area is 296 Å². The molecule has 1 aromatic carbocycles. The number of benzene rings is 1. The Hall–Kier alpha value is -2.79. The Morgan fingerprint density at radius 3 is 2.41 bits per heavy atom. The zero-order valence-electron chi connectivity index (χ0n) is 31.4. The number of allylic oxidation sites excluding steroid dienone is 3. The van der Waals surface area contributed by atoms with Gasteiger partial charge in [0.15, 0.2) is 0 Å². The van der Waals surface area contributed by atoms with Crippen molar-refractivity contribution < 1.29 is 9.53 Å². The van der Waals surface area contributed by atoms with E-state index in [4.69, 9.17) is 4.74 Å². The zero-order chi connectivity index (χ0) is 34.8. The first-order valence-corrected chi connectivity index (χ1v) is 19.4. The lowest BCUT2D eigenvalue weighted by molar-refractivity contribution is -0.219. The molecule has 4 saturated carbocycles. The number of methoxy groups -OCH3 is 1. The maximum Gasteiger partial charge on any atom is 0.337 e. The van der Waals surface area contributed by atoms with Gasteiger partial charge in [-0.2, -0.15) is 10.2 Å². The smallest absolute Gasteiger partial charge is 0.337 e. The average Bonchev–Trinajstić information content (AvgIpc) is 3.47. The minimum Gasteiger partial charge on any atom is -0.465 e. The highest BCUT2D eigenvalue weighted by molar-refractivity contribution is 5.89. The van der Waals surface area contributed by atoms with Crippen molar-refractivity contribution in [2.45, 2.75) is 118 Å². The molecular weight excluding hydrogens is 603 g/mol. The van der Waals surface area contributed by atoms with E-state index in [1.54, 1.807) is 6.20 Å². The van der Waals surface area contributed by atoms with E-state index >= 15 is 0 Å². The molecule has 0 amide bonds. The van der Waals surface area contributed by atoms with Gasteiger partial charge < -0.3 is 10.1 Å². The highest BCUT2D eigenvalue weighted by Crippen LogP contribution is 2.76. The summed E-state index contributed by atoms with van der Waals surface area (Å²) >= 11 is 0. The molecule has 49 heavy (non-hydrogen) atoms. The summed E-state index contributed by atoms with van der Waals surface area (Å²) < 4.78 is 4.97. The van der Waals surface area contributed by atoms with Gasteiger partial charge in [0, 0.05) is 11.7 Å². The molecule has 5 aliphatic rings. The summed E-state index contributed by atoms with van der Waals surface area (Å²) in [5, 5.41) is 12.7. The molecule has 5 heteroatoms. The predicted octanol–water partition coefficient (Wildman–Crippen LogP) is 9.89. The van der Waals surface area contributed by atoms with E-state index in [0.717, 1.165) is 43.3 Å². The van der Waals surface area contributed by atoms with Crippen LogP contribution in [-0.2, 0) is 11.2 Å². The molecule has 0 aliphatic heterocycles. The number of carbonyl (C=O) groups is 1. The molecule has 5 nitrogen and oxygen atoms in total. The normalized spacial score (nSPS) is 39.1. The van der Waals surface area contributed by atoms with E-state index in [1.165, 1.54) is 75.2 Å². The second-order valence-corrected chi connectivity index (χ2v) is 18.2. The van der Waals surface area contributed by atoms with Gasteiger partial charge in [0.05, 0.1) is 18.4 Å². The third-order valence-corrected chi connectivity index (χ3v) is 16.0. The molecule has 0 bridgehead atoms. The fraction of sp³-hybridized carbons (Fsp3) is 0.659. The number of nitrogens with one attached hydrogen (secondary N) is 1. The number of aromatic nitrogens is 2. The van der Waals surface area contributed by atoms with Gasteiger partial charge in [0.25, 0.3) is 0 Å². The highest BCUT2D eigenvalue weighted by Gasteiger charge is 2.70. The van der Waals surface area contributed by atoms with Gasteiger partial charge in [0.2, 0.25) is 0 Å². The van der Waals surface area contributed by atoms with Gasteiger partial charge in [-0.15, -0.1) is 0 Å². The van der Waals surface area contributed by atoms with E-state index in [9.17, 15) is 4.79 Å². The summed E-state index contributed by atoms with van der Waals surface area (Å²) in [5.74, 6) is 3.10. The van der Waals surface area contributed by atoms with E-state index in [1.807, 2.05) is 18.2 Å². The predicted molar refractivity (Wildman–Crippen MR) is 199 cm³/mol. The molecule has 264 valence electrons. The number of ether oxygens (including phenoxy) is 1. The van der Waals surface area contributed by atoms with E-state index < -0.39 is 0 Å². The van der Waals surface area contributed by atoms with Gasteiger partial charge in [-0.25, -0.2) is 4.79 Å². The van der Waals surface area contributed by atoms with Crippen LogP contribution in [0.3, 0.4) is 0 Å². The van der Waals surface area contributed by atoms with Gasteiger partial charge in [-0.3, -0.25) is 0 Å². The number of hydrogen-bond donors (Lipinski definition) is 1. The molecule has 9 atom stereocenters. The molecule has 5 aliphatic carbocycles. The molecule has 2 aromatic rings. The fourth-order valence-electron chi connectivity index (χ4n) is 13.5. The maximum absolute atomic E-state index is 12.1. The van der Waals surface area contributed by atoms with Gasteiger partial charge in [-0.05, 0) is 171 Å². The maximum atomic E-state index is 12.1. The summed E-state index contributed by atoms with van der Waals surface area (Å²) in [5.41, 5.74) is 7.06. The molecule has 7 rings (SSSR count). The second-order valence-electron chi connectivity index (χ2n) is 18.2. The standard InChI is InChI=1S/C44H61N3O2/c1-29(2)33-19-24-44(45-27-9-11-32-12-10-28-46-47-32)26-25-42(6)35(38(33)44)17-18-37-41(5)22-20-34(30-13-15-31(16-14-30)39(48)49-8)40(3,4)36(41)21-23-43(37,42)7/h10,12-16,20,28,33,35-38,45H,1,9,11,17-19,21-27H2,2-8H3/t33-,35+,36-,37+,38+,41-,42+,43+,44-/m0/s1. The lowest BCUT2D eigenvalue weighted by Gasteiger charge is -2.72. The number of aryl methyl sites for hydroxylation is 1. The SMILES string of the molecule is C=C(C)[C@@H]1CC[C@]2(NCCCc3cccnn3)CC[C@]3(C)[C@H](CC[C@@H]4[C@@]5(C)CC=C(c6ccc(C(=O)OC)cc6)C(C)(C)[C@@H]5CC[C@]43C)[C@@H]12. The minimum absolute atomic E-state index is 0.0618. The quantitative estimate of drug-likeness (QED) is 0.173. The molecular formula is C44H61N3O2. The number of rotatable bonds is 8. The third kappa shape index (κ3) is 5.30. The van der Waals surface area contributed by atoms with E-state index in [0.29, 0.717) is 34.1 Å². The van der Waals surface area contributed by atoms with Crippen LogP contribution in [0.4, 0.5) is 0 Å². The largest absolute Gasteiger partial charge is 0.465 e. The van der Waals surface area contributed by atoms with Gasteiger partial charge in [0.1, 0.15) is 0 Å². The molecule has 0 unspecified atom stereocenters. The Kier molecular flexibility index (Phi) is 8.81. The molecule has 4 fully saturated rings. The van der Waals surface area contributed by atoms with Gasteiger partial charge >= 0.3 is 5.97 Å². The number of carbonyl (C=O) groups excluding carboxylic acids is 1. The van der Waals surface area contributed by atoms with E-state index in [2.05, 4.69) is 87.9 Å². The van der Waals surface area contributed by atoms with Crippen molar-refractivity contribution in [3.05, 3.63) is 77.6 Å². The van der Waals surface area contributed by atoms with Crippen molar-refractivity contribution in [2.24, 2.45) is 51.2 Å². The number of nitrogens with zero attached hydrogens (tertiary/aromatic N) is 2. The van der Waals surface area contributed by atoms with Crippen LogP contribution < -0.4 is 5.32 Å². The van der Waals surface area contributed by atoms with Crippen LogP contribution in [-0.4, -0.2) is 35.4 Å². The summed E-state index contributed by atoms with van der Waals surface area (Å²) in [4.78, 5) is 12.1. The van der Waals surface area contributed by atoms with Crippen LogP contribution >= 0.6 is 0 Å². The number of esters is 1. The monoisotopic (exact) mass is 663 g/mol. The molecule has 0 radical (unpaired) electrons. The first-order valence-electron chi connectivity index (χ1n) is 19.4. The topological polar surface area (TPSA) is 64.1 Å². The fourth-order valence-corrected chi connectivity index (χ4v) is 13.5. The third-order valence-electron chi connectivity index (χ3n) is 16.0. The van der Waals surface area contributed by atoms with Crippen molar-refractivity contribution in [1.29, 1.82) is 0 Å². The van der Waals surface area contributed by atoms with Crippen molar-refractivity contribution in [3.8, 4) is 0 Å². The van der Waals surface area contributed by atoms with E-state index in [-0.39, 0.29) is 22.3 Å². The lowest BCUT2D eigenvalue weighted by atomic mass is 9.33. The Morgan fingerprint density at radius 2 is 1.71 bits per heavy atom. The zero-order valence-corrected chi connectivity index (χ0v) is 31.4. The van der Waals surface area contributed by atoms with Crippen LogP contribution in [0.1, 0.15) is 127 Å². The van der Waals surface area contributed by atoms with Crippen molar-refractivity contribution in [2.75, 3.05) is 13.7 Å². The van der Waals surface area contributed by atoms with Crippen molar-refractivity contribution >= 4 is 11.5 Å². The first-order chi connectivity index (χ1) is 23.3. The second kappa shape index (κ2) is 12.5. The molecule has 0 saturated heterocycles. The number of fused-ring (bicyclic) bond motifs is 7. The number of hydrogen-bond acceptors (Lipinski definition) is 5. The summed E-state index contributed by atoms with van der Waals surface area (Å²) in [7, 11) is 1.45. The average molecular weight is 664 g/mol. The van der Waals surface area contributed by atoms with Crippen LogP contribution in [0.5, 0.6) is 0 Å². The Morgan fingerprint density at radius 1 is 0.939 bits per heavy atom. The molecule has 1 N–H and O–H groups in total. The Balaban J connectivity index is 1.15. The Bertz CT molecular complexity index is 1600. The van der Waals surface area contributed by atoms with Crippen LogP contribution in [0, 0.1) is 51.2 Å². The minimum atomic E-state index is -0.270. The molecule has 0 spiro atoms. The summed E-state index contributed by atoms with van der Waals surface area (Å²) in [6.45, 7) is 21.2. The summed E-state index contributed by atoms with van der Waals surface area (Å²) in [6, 6.07) is 12.3.